The first-order chi connectivity index (χ1) is 16.1. The third-order valence-corrected chi connectivity index (χ3v) is 7.71. The predicted molar refractivity (Wildman–Crippen MR) is 131 cm³/mol. The Labute approximate surface area is 200 Å². The van der Waals surface area contributed by atoms with Crippen molar-refractivity contribution in [2.24, 2.45) is 17.8 Å². The molecule has 2 unspecified atom stereocenters. The molecule has 1 heterocycles. The van der Waals surface area contributed by atoms with Crippen molar-refractivity contribution < 1.29 is 24.1 Å². The molecule has 3 rings (SSSR count). The highest BCUT2D eigenvalue weighted by Crippen LogP contribution is 2.48. The molecular formula is C28H46O5. The molecule has 0 bridgehead atoms. The quantitative estimate of drug-likeness (QED) is 0.203. The maximum atomic E-state index is 11.3. The Morgan fingerprint density at radius 2 is 2.12 bits per heavy atom. The van der Waals surface area contributed by atoms with Crippen LogP contribution < -0.4 is 0 Å². The van der Waals surface area contributed by atoms with E-state index in [1.807, 2.05) is 6.08 Å². The maximum absolute atomic E-state index is 11.3. The van der Waals surface area contributed by atoms with Crippen LogP contribution in [-0.4, -0.2) is 43.3 Å². The molecule has 1 aliphatic heterocycles. The number of hydrogen-bond acceptors (Lipinski definition) is 5. The maximum Gasteiger partial charge on any atom is 0.305 e. The van der Waals surface area contributed by atoms with Crippen LogP contribution in [0.5, 0.6) is 0 Å². The molecule has 2 fully saturated rings. The second-order valence-electron chi connectivity index (χ2n) is 10.2. The highest BCUT2D eigenvalue weighted by Gasteiger charge is 2.44. The van der Waals surface area contributed by atoms with E-state index in [-0.39, 0.29) is 24.5 Å². The summed E-state index contributed by atoms with van der Waals surface area (Å²) in [6.07, 6.45) is 21.0. The van der Waals surface area contributed by atoms with Gasteiger partial charge in [-0.1, -0.05) is 50.0 Å². The Hall–Kier alpha value is -1.17. The van der Waals surface area contributed by atoms with E-state index < -0.39 is 0 Å². The Balaban J connectivity index is 1.59. The van der Waals surface area contributed by atoms with E-state index in [0.717, 1.165) is 64.4 Å². The van der Waals surface area contributed by atoms with Gasteiger partial charge >= 0.3 is 5.97 Å². The van der Waals surface area contributed by atoms with Crippen molar-refractivity contribution in [3.8, 4) is 0 Å². The average molecular weight is 463 g/mol. The van der Waals surface area contributed by atoms with Gasteiger partial charge in [-0.05, 0) is 76.0 Å². The van der Waals surface area contributed by atoms with Gasteiger partial charge in [-0.15, -0.1) is 0 Å². The first-order valence-corrected chi connectivity index (χ1v) is 13.5. The molecule has 0 spiro atoms. The number of unbranched alkanes of at least 4 members (excludes halogenated alkanes) is 3. The molecule has 0 aromatic heterocycles. The number of aliphatic hydroxyl groups is 1. The molecule has 33 heavy (non-hydrogen) atoms. The van der Waals surface area contributed by atoms with E-state index in [4.69, 9.17) is 14.2 Å². The largest absolute Gasteiger partial charge is 0.469 e. The van der Waals surface area contributed by atoms with Crippen LogP contribution in [0, 0.1) is 17.8 Å². The predicted octanol–water partition coefficient (Wildman–Crippen LogP) is 6.10. The van der Waals surface area contributed by atoms with Gasteiger partial charge in [-0.25, -0.2) is 0 Å². The molecule has 0 amide bonds. The fourth-order valence-corrected chi connectivity index (χ4v) is 5.81. The van der Waals surface area contributed by atoms with Crippen molar-refractivity contribution in [3.05, 3.63) is 23.8 Å². The number of carbonyl (C=O) groups excluding carboxylic acids is 1. The molecule has 1 N–H and O–H groups in total. The number of fused-ring (bicyclic) bond motifs is 1. The van der Waals surface area contributed by atoms with Crippen LogP contribution in [0.3, 0.4) is 0 Å². The summed E-state index contributed by atoms with van der Waals surface area (Å²) < 4.78 is 17.2. The van der Waals surface area contributed by atoms with Gasteiger partial charge in [-0.3, -0.25) is 4.79 Å². The molecule has 188 valence electrons. The molecular weight excluding hydrogens is 416 g/mol. The first kappa shape index (κ1) is 26.4. The molecule has 5 heteroatoms. The summed E-state index contributed by atoms with van der Waals surface area (Å²) in [7, 11) is 1.46. The highest BCUT2D eigenvalue weighted by molar-refractivity contribution is 5.68. The SMILES string of the molecule is CCCCCC(O)C=C[C@H]1[C@H]2CCC(CCCCC(=O)OC)=C[C@@H]2C[C@H]1OC1CCCCO1. The van der Waals surface area contributed by atoms with Crippen LogP contribution in [0.15, 0.2) is 23.8 Å². The van der Waals surface area contributed by atoms with E-state index >= 15 is 0 Å². The summed E-state index contributed by atoms with van der Waals surface area (Å²) in [5.74, 6) is 1.35. The van der Waals surface area contributed by atoms with E-state index in [9.17, 15) is 9.90 Å². The fourth-order valence-electron chi connectivity index (χ4n) is 5.81. The van der Waals surface area contributed by atoms with Crippen molar-refractivity contribution in [1.29, 1.82) is 0 Å². The van der Waals surface area contributed by atoms with Crippen molar-refractivity contribution in [3.63, 3.8) is 0 Å². The minimum Gasteiger partial charge on any atom is -0.469 e. The third-order valence-electron chi connectivity index (χ3n) is 7.71. The van der Waals surface area contributed by atoms with Crippen LogP contribution in [-0.2, 0) is 19.0 Å². The zero-order valence-corrected chi connectivity index (χ0v) is 20.9. The van der Waals surface area contributed by atoms with Gasteiger partial charge in [0, 0.05) is 18.9 Å². The van der Waals surface area contributed by atoms with E-state index in [0.29, 0.717) is 24.2 Å². The van der Waals surface area contributed by atoms with Crippen molar-refractivity contribution in [1.82, 2.24) is 0 Å². The normalized spacial score (nSPS) is 30.8. The van der Waals surface area contributed by atoms with Gasteiger partial charge in [0.15, 0.2) is 6.29 Å². The molecule has 1 saturated carbocycles. The first-order valence-electron chi connectivity index (χ1n) is 13.5. The number of aliphatic hydroxyl groups excluding tert-OH is 1. The third kappa shape index (κ3) is 8.52. The van der Waals surface area contributed by atoms with Crippen LogP contribution >= 0.6 is 0 Å². The Bertz CT molecular complexity index is 636. The van der Waals surface area contributed by atoms with Crippen molar-refractivity contribution in [2.45, 2.75) is 115 Å². The number of allylic oxidation sites excluding steroid dienone is 2. The van der Waals surface area contributed by atoms with Crippen molar-refractivity contribution in [2.75, 3.05) is 13.7 Å². The van der Waals surface area contributed by atoms with Crippen LogP contribution in [0.2, 0.25) is 0 Å². The molecule has 6 atom stereocenters. The minimum atomic E-state index is -0.355. The summed E-state index contributed by atoms with van der Waals surface area (Å²) >= 11 is 0. The van der Waals surface area contributed by atoms with E-state index in [1.165, 1.54) is 38.4 Å². The highest BCUT2D eigenvalue weighted by atomic mass is 16.7. The van der Waals surface area contributed by atoms with Crippen molar-refractivity contribution >= 4 is 5.97 Å². The number of carbonyl (C=O) groups is 1. The summed E-state index contributed by atoms with van der Waals surface area (Å²) in [6.45, 7) is 3.00. The van der Waals surface area contributed by atoms with Gasteiger partial charge in [0.05, 0.1) is 19.3 Å². The fraction of sp³-hybridized carbons (Fsp3) is 0.821. The molecule has 0 aromatic carbocycles. The number of rotatable bonds is 13. The Morgan fingerprint density at radius 3 is 2.88 bits per heavy atom. The smallest absolute Gasteiger partial charge is 0.305 e. The molecule has 5 nitrogen and oxygen atoms in total. The van der Waals surface area contributed by atoms with E-state index in [2.05, 4.69) is 19.1 Å². The van der Waals surface area contributed by atoms with Crippen LogP contribution in [0.25, 0.3) is 0 Å². The standard InChI is InChI=1S/C28H46O5/c1-3-4-5-11-23(29)15-17-25-24-16-14-21(10-6-7-12-27(30)31-2)19-22(24)20-26(25)33-28-13-8-9-18-32-28/h15,17,19,22-26,28-29H,3-14,16,18,20H2,1-2H3/t22-,23?,24+,25+,26-,28?/m1/s1. The lowest BCUT2D eigenvalue weighted by Crippen LogP contribution is -2.31. The molecule has 2 aliphatic carbocycles. The van der Waals surface area contributed by atoms with Gasteiger partial charge in [-0.2, -0.15) is 0 Å². The van der Waals surface area contributed by atoms with Gasteiger partial charge in [0.25, 0.3) is 0 Å². The molecule has 3 aliphatic rings. The van der Waals surface area contributed by atoms with E-state index in [1.54, 1.807) is 0 Å². The van der Waals surface area contributed by atoms with Gasteiger partial charge < -0.3 is 19.3 Å². The molecule has 0 radical (unpaired) electrons. The number of methoxy groups -OCH3 is 1. The Kier molecular flexibility index (Phi) is 11.4. The number of esters is 1. The summed E-state index contributed by atoms with van der Waals surface area (Å²) in [5.41, 5.74) is 1.54. The second-order valence-corrected chi connectivity index (χ2v) is 10.2. The van der Waals surface area contributed by atoms with Crippen LogP contribution in [0.4, 0.5) is 0 Å². The molecule has 0 aromatic rings. The average Bonchev–Trinajstić information content (AvgIpc) is 3.17. The topological polar surface area (TPSA) is 65.0 Å². The zero-order valence-electron chi connectivity index (χ0n) is 20.9. The molecule has 1 saturated heterocycles. The summed E-state index contributed by atoms with van der Waals surface area (Å²) in [4.78, 5) is 11.3. The van der Waals surface area contributed by atoms with Crippen LogP contribution in [0.1, 0.15) is 96.8 Å². The number of ether oxygens (including phenoxy) is 3. The van der Waals surface area contributed by atoms with Gasteiger partial charge in [0.2, 0.25) is 0 Å². The summed E-state index contributed by atoms with van der Waals surface area (Å²) in [5, 5.41) is 10.5. The van der Waals surface area contributed by atoms with Gasteiger partial charge in [0.1, 0.15) is 0 Å². The second kappa shape index (κ2) is 14.3. The number of hydrogen-bond donors (Lipinski definition) is 1. The zero-order chi connectivity index (χ0) is 23.5. The summed E-state index contributed by atoms with van der Waals surface area (Å²) in [6, 6.07) is 0. The monoisotopic (exact) mass is 462 g/mol. The lowest BCUT2D eigenvalue weighted by Gasteiger charge is -2.30. The lowest BCUT2D eigenvalue weighted by atomic mass is 9.78. The lowest BCUT2D eigenvalue weighted by molar-refractivity contribution is -0.192. The Morgan fingerprint density at radius 1 is 1.24 bits per heavy atom. The minimum absolute atomic E-state index is 0.0731.